The topological polar surface area (TPSA) is 113 Å². The maximum atomic E-state index is 12.9. The molecule has 162 valence electrons. The van der Waals surface area contributed by atoms with E-state index in [1.54, 1.807) is 16.8 Å². The van der Waals surface area contributed by atoms with E-state index in [4.69, 9.17) is 0 Å². The second kappa shape index (κ2) is 8.44. The highest BCUT2D eigenvalue weighted by molar-refractivity contribution is 7.89. The van der Waals surface area contributed by atoms with Crippen molar-refractivity contribution in [3.05, 3.63) is 54.4 Å². The first-order valence-corrected chi connectivity index (χ1v) is 11.3. The van der Waals surface area contributed by atoms with Crippen LogP contribution in [0.2, 0.25) is 0 Å². The Hall–Kier alpha value is -3.31. The van der Waals surface area contributed by atoms with Crippen LogP contribution in [0.25, 0.3) is 5.82 Å². The van der Waals surface area contributed by atoms with Gasteiger partial charge in [-0.3, -0.25) is 4.79 Å². The fraction of sp³-hybridized carbons (Fsp3) is 0.300. The zero-order chi connectivity index (χ0) is 22.0. The van der Waals surface area contributed by atoms with Gasteiger partial charge in [-0.1, -0.05) is 0 Å². The highest BCUT2D eigenvalue weighted by Gasteiger charge is 2.29. The molecule has 0 radical (unpaired) electrons. The van der Waals surface area contributed by atoms with Crippen LogP contribution < -0.4 is 10.2 Å². The number of carbonyl (C=O) groups is 1. The lowest BCUT2D eigenvalue weighted by Crippen LogP contribution is -2.49. The van der Waals surface area contributed by atoms with Crippen LogP contribution in [0.15, 0.2) is 53.6 Å². The maximum absolute atomic E-state index is 12.9. The molecule has 1 saturated heterocycles. The molecule has 0 bridgehead atoms. The molecule has 1 aliphatic heterocycles. The van der Waals surface area contributed by atoms with Crippen molar-refractivity contribution in [2.45, 2.75) is 18.7 Å². The van der Waals surface area contributed by atoms with E-state index in [0.717, 1.165) is 5.69 Å². The minimum atomic E-state index is -3.61. The summed E-state index contributed by atoms with van der Waals surface area (Å²) in [7, 11) is -3.61. The minimum absolute atomic E-state index is 0.203. The number of anilines is 2. The molecular weight excluding hydrogens is 418 g/mol. The highest BCUT2D eigenvalue weighted by atomic mass is 32.2. The standard InChI is InChI=1S/C20H23N7O3S/c1-15-9-10-27(24-15)20-8-7-19(22-23-20)25-11-13-26(14-12-25)31(29,30)18-5-3-17(4-6-18)21-16(2)28/h3-10H,11-14H2,1-2H3,(H,21,28). The second-order valence-electron chi connectivity index (χ2n) is 7.25. The molecule has 3 aromatic rings. The molecular formula is C20H23N7O3S. The molecule has 11 heteroatoms. The molecule has 1 aromatic carbocycles. The number of sulfonamides is 1. The molecule has 0 aliphatic carbocycles. The molecule has 0 unspecified atom stereocenters. The second-order valence-corrected chi connectivity index (χ2v) is 9.19. The summed E-state index contributed by atoms with van der Waals surface area (Å²) in [5.74, 6) is 1.12. The van der Waals surface area contributed by atoms with E-state index in [0.29, 0.717) is 43.5 Å². The van der Waals surface area contributed by atoms with Crippen molar-refractivity contribution < 1.29 is 13.2 Å². The van der Waals surface area contributed by atoms with E-state index in [1.165, 1.54) is 23.4 Å². The fourth-order valence-corrected chi connectivity index (χ4v) is 4.79. The molecule has 31 heavy (non-hydrogen) atoms. The predicted molar refractivity (Wildman–Crippen MR) is 116 cm³/mol. The van der Waals surface area contributed by atoms with Gasteiger partial charge in [0, 0.05) is 45.0 Å². The summed E-state index contributed by atoms with van der Waals surface area (Å²) in [6, 6.07) is 11.8. The van der Waals surface area contributed by atoms with Crippen LogP contribution in [-0.2, 0) is 14.8 Å². The summed E-state index contributed by atoms with van der Waals surface area (Å²) in [5.41, 5.74) is 1.46. The van der Waals surface area contributed by atoms with Crippen LogP contribution in [0.4, 0.5) is 11.5 Å². The minimum Gasteiger partial charge on any atom is -0.352 e. The van der Waals surface area contributed by atoms with Crippen molar-refractivity contribution in [1.82, 2.24) is 24.3 Å². The van der Waals surface area contributed by atoms with Crippen LogP contribution in [-0.4, -0.2) is 64.8 Å². The van der Waals surface area contributed by atoms with E-state index < -0.39 is 10.0 Å². The van der Waals surface area contributed by atoms with Gasteiger partial charge in [-0.2, -0.15) is 9.40 Å². The lowest BCUT2D eigenvalue weighted by molar-refractivity contribution is -0.114. The number of carbonyl (C=O) groups excluding carboxylic acids is 1. The molecule has 4 rings (SSSR count). The van der Waals surface area contributed by atoms with E-state index >= 15 is 0 Å². The number of piperazine rings is 1. The molecule has 0 spiro atoms. The molecule has 2 aromatic heterocycles. The Labute approximate surface area is 180 Å². The van der Waals surface area contributed by atoms with Crippen LogP contribution in [0, 0.1) is 6.92 Å². The maximum Gasteiger partial charge on any atom is 0.243 e. The summed E-state index contributed by atoms with van der Waals surface area (Å²) in [6.45, 7) is 5.02. The first kappa shape index (κ1) is 20.9. The quantitative estimate of drug-likeness (QED) is 0.637. The van der Waals surface area contributed by atoms with Gasteiger partial charge in [0.25, 0.3) is 0 Å². The molecule has 1 aliphatic rings. The molecule has 1 N–H and O–H groups in total. The summed E-state index contributed by atoms with van der Waals surface area (Å²) in [6.07, 6.45) is 1.82. The van der Waals surface area contributed by atoms with Gasteiger partial charge < -0.3 is 10.2 Å². The van der Waals surface area contributed by atoms with Crippen molar-refractivity contribution >= 4 is 27.4 Å². The normalized spacial score (nSPS) is 15.1. The van der Waals surface area contributed by atoms with Gasteiger partial charge in [-0.05, 0) is 49.4 Å². The molecule has 0 atom stereocenters. The molecule has 10 nitrogen and oxygen atoms in total. The number of nitrogens with zero attached hydrogens (tertiary/aromatic N) is 6. The summed E-state index contributed by atoms with van der Waals surface area (Å²) in [4.78, 5) is 13.3. The van der Waals surface area contributed by atoms with E-state index in [2.05, 4.69) is 20.6 Å². The summed E-state index contributed by atoms with van der Waals surface area (Å²) in [5, 5.41) is 15.5. The lowest BCUT2D eigenvalue weighted by Gasteiger charge is -2.34. The monoisotopic (exact) mass is 441 g/mol. The van der Waals surface area contributed by atoms with Crippen molar-refractivity contribution in [3.63, 3.8) is 0 Å². The van der Waals surface area contributed by atoms with Crippen molar-refractivity contribution in [3.8, 4) is 5.82 Å². The smallest absolute Gasteiger partial charge is 0.243 e. The average Bonchev–Trinajstić information content (AvgIpc) is 3.20. The number of aryl methyl sites for hydroxylation is 1. The van der Waals surface area contributed by atoms with Crippen molar-refractivity contribution in [1.29, 1.82) is 0 Å². The molecule has 3 heterocycles. The van der Waals surface area contributed by atoms with Gasteiger partial charge in [0.2, 0.25) is 15.9 Å². The molecule has 0 saturated carbocycles. The first-order valence-electron chi connectivity index (χ1n) is 9.82. The Morgan fingerprint density at radius 1 is 0.935 bits per heavy atom. The van der Waals surface area contributed by atoms with Crippen molar-refractivity contribution in [2.24, 2.45) is 0 Å². The third-order valence-corrected chi connectivity index (χ3v) is 6.88. The predicted octanol–water partition coefficient (Wildman–Crippen LogP) is 1.44. The number of aromatic nitrogens is 4. The lowest BCUT2D eigenvalue weighted by atomic mass is 10.3. The van der Waals surface area contributed by atoms with Crippen LogP contribution in [0.1, 0.15) is 12.6 Å². The zero-order valence-corrected chi connectivity index (χ0v) is 18.1. The van der Waals surface area contributed by atoms with E-state index in [1.807, 2.05) is 36.2 Å². The van der Waals surface area contributed by atoms with Gasteiger partial charge in [0.15, 0.2) is 11.6 Å². The van der Waals surface area contributed by atoms with Crippen molar-refractivity contribution in [2.75, 3.05) is 36.4 Å². The Balaban J connectivity index is 1.40. The van der Waals surface area contributed by atoms with Gasteiger partial charge >= 0.3 is 0 Å². The third kappa shape index (κ3) is 4.57. The number of hydrogen-bond acceptors (Lipinski definition) is 7. The van der Waals surface area contributed by atoms with Crippen LogP contribution in [0.3, 0.4) is 0 Å². The number of hydrogen-bond donors (Lipinski definition) is 1. The first-order chi connectivity index (χ1) is 14.8. The van der Waals surface area contributed by atoms with E-state index in [9.17, 15) is 13.2 Å². The number of benzene rings is 1. The van der Waals surface area contributed by atoms with Crippen LogP contribution in [0.5, 0.6) is 0 Å². The van der Waals surface area contributed by atoms with Gasteiger partial charge in [-0.15, -0.1) is 10.2 Å². The number of amides is 1. The number of rotatable bonds is 5. The zero-order valence-electron chi connectivity index (χ0n) is 17.3. The Bertz CT molecular complexity index is 1170. The summed E-state index contributed by atoms with van der Waals surface area (Å²) < 4.78 is 29.0. The number of nitrogens with one attached hydrogen (secondary N) is 1. The summed E-state index contributed by atoms with van der Waals surface area (Å²) >= 11 is 0. The van der Waals surface area contributed by atoms with Gasteiger partial charge in [0.05, 0.1) is 10.6 Å². The SMILES string of the molecule is CC(=O)Nc1ccc(S(=O)(=O)N2CCN(c3ccc(-n4ccc(C)n4)nn3)CC2)cc1. The Morgan fingerprint density at radius 3 is 2.13 bits per heavy atom. The highest BCUT2D eigenvalue weighted by Crippen LogP contribution is 2.21. The van der Waals surface area contributed by atoms with E-state index in [-0.39, 0.29) is 10.8 Å². The Kier molecular flexibility index (Phi) is 5.70. The Morgan fingerprint density at radius 2 is 1.58 bits per heavy atom. The molecule has 1 fully saturated rings. The fourth-order valence-electron chi connectivity index (χ4n) is 3.37. The van der Waals surface area contributed by atoms with Gasteiger partial charge in [-0.25, -0.2) is 13.1 Å². The third-order valence-electron chi connectivity index (χ3n) is 4.97. The average molecular weight is 442 g/mol. The van der Waals surface area contributed by atoms with Crippen LogP contribution >= 0.6 is 0 Å². The molecule has 1 amide bonds. The largest absolute Gasteiger partial charge is 0.352 e. The van der Waals surface area contributed by atoms with Gasteiger partial charge in [0.1, 0.15) is 0 Å².